The molecule has 1 aliphatic heterocycles. The van der Waals surface area contributed by atoms with Gasteiger partial charge in [-0.3, -0.25) is 4.79 Å². The fourth-order valence-corrected chi connectivity index (χ4v) is 1.95. The van der Waals surface area contributed by atoms with Crippen molar-refractivity contribution < 1.29 is 19.0 Å². The van der Waals surface area contributed by atoms with E-state index in [0.29, 0.717) is 23.3 Å². The van der Waals surface area contributed by atoms with Crippen molar-refractivity contribution in [1.29, 1.82) is 0 Å². The number of carbonyl (C=O) groups excluding carboxylic acids is 1. The Bertz CT molecular complexity index is 435. The van der Waals surface area contributed by atoms with Crippen LogP contribution in [0.4, 0.5) is 4.39 Å². The van der Waals surface area contributed by atoms with Crippen LogP contribution in [-0.4, -0.2) is 41.7 Å². The first-order valence-corrected chi connectivity index (χ1v) is 5.89. The van der Waals surface area contributed by atoms with Crippen LogP contribution in [0.2, 0.25) is 0 Å². The van der Waals surface area contributed by atoms with Crippen molar-refractivity contribution in [1.82, 2.24) is 4.90 Å². The Kier molecular flexibility index (Phi) is 3.63. The van der Waals surface area contributed by atoms with E-state index in [2.05, 4.69) is 15.9 Å². The molecule has 6 heteroatoms. The summed E-state index contributed by atoms with van der Waals surface area (Å²) in [6.45, 7) is 0.594. The molecule has 92 valence electrons. The van der Waals surface area contributed by atoms with Crippen molar-refractivity contribution in [3.63, 3.8) is 0 Å². The summed E-state index contributed by atoms with van der Waals surface area (Å²) in [6.07, 6.45) is -0.420. The molecule has 0 aliphatic carbocycles. The second-order valence-corrected chi connectivity index (χ2v) is 4.67. The highest BCUT2D eigenvalue weighted by molar-refractivity contribution is 9.10. The van der Waals surface area contributed by atoms with E-state index >= 15 is 0 Å². The lowest BCUT2D eigenvalue weighted by molar-refractivity contribution is -0.143. The Balaban J connectivity index is 1.87. The van der Waals surface area contributed by atoms with E-state index in [1.807, 2.05) is 0 Å². The molecule has 0 saturated carbocycles. The van der Waals surface area contributed by atoms with Gasteiger partial charge in [0.2, 0.25) is 0 Å². The summed E-state index contributed by atoms with van der Waals surface area (Å²) >= 11 is 3.14. The molecular formula is C11H11BrFNO3. The molecule has 0 spiro atoms. The number of carbonyl (C=O) groups is 1. The number of ether oxygens (including phenoxy) is 1. The third-order valence-corrected chi connectivity index (χ3v) is 3.08. The molecule has 1 aliphatic rings. The Morgan fingerprint density at radius 1 is 1.59 bits per heavy atom. The highest BCUT2D eigenvalue weighted by Gasteiger charge is 2.28. The van der Waals surface area contributed by atoms with Crippen molar-refractivity contribution in [2.75, 3.05) is 19.7 Å². The summed E-state index contributed by atoms with van der Waals surface area (Å²) < 4.78 is 18.5. The molecule has 1 fully saturated rings. The van der Waals surface area contributed by atoms with Crippen LogP contribution in [0.25, 0.3) is 0 Å². The monoisotopic (exact) mass is 303 g/mol. The fraction of sp³-hybridized carbons (Fsp3) is 0.364. The zero-order valence-electron chi connectivity index (χ0n) is 8.90. The van der Waals surface area contributed by atoms with Crippen LogP contribution < -0.4 is 4.74 Å². The Labute approximate surface area is 106 Å². The highest BCUT2D eigenvalue weighted by atomic mass is 79.9. The number of rotatable bonds is 3. The minimum atomic E-state index is -0.420. The molecule has 2 rings (SSSR count). The molecule has 4 nitrogen and oxygen atoms in total. The van der Waals surface area contributed by atoms with Crippen LogP contribution in [0.5, 0.6) is 5.75 Å². The summed E-state index contributed by atoms with van der Waals surface area (Å²) in [5.74, 6) is -0.145. The molecule has 1 amide bonds. The van der Waals surface area contributed by atoms with Crippen LogP contribution in [0, 0.1) is 5.82 Å². The van der Waals surface area contributed by atoms with Crippen molar-refractivity contribution in [3.05, 3.63) is 28.5 Å². The van der Waals surface area contributed by atoms with Gasteiger partial charge in [0.25, 0.3) is 5.91 Å². The lowest BCUT2D eigenvalue weighted by atomic mass is 10.2. The molecule has 0 bridgehead atoms. The van der Waals surface area contributed by atoms with Crippen LogP contribution in [0.15, 0.2) is 22.7 Å². The van der Waals surface area contributed by atoms with Gasteiger partial charge in [-0.1, -0.05) is 0 Å². The quantitative estimate of drug-likeness (QED) is 0.912. The summed E-state index contributed by atoms with van der Waals surface area (Å²) in [7, 11) is 0. The molecule has 1 heterocycles. The number of β-amino-alcohol motifs (C(OH)–C–C–N with tert-alkyl or cyclic N) is 1. The molecule has 0 aromatic heterocycles. The number of benzene rings is 1. The first-order valence-electron chi connectivity index (χ1n) is 5.10. The van der Waals surface area contributed by atoms with Gasteiger partial charge in [-0.05, 0) is 34.1 Å². The minimum absolute atomic E-state index is 0.114. The van der Waals surface area contributed by atoms with Gasteiger partial charge >= 0.3 is 0 Å². The zero-order chi connectivity index (χ0) is 12.4. The molecule has 0 unspecified atom stereocenters. The Morgan fingerprint density at radius 2 is 2.29 bits per heavy atom. The second kappa shape index (κ2) is 5.01. The maximum atomic E-state index is 12.8. The Hall–Kier alpha value is -1.14. The third kappa shape index (κ3) is 2.95. The number of nitrogens with zero attached hydrogens (tertiary/aromatic N) is 1. The van der Waals surface area contributed by atoms with E-state index in [1.54, 1.807) is 0 Å². The van der Waals surface area contributed by atoms with Gasteiger partial charge in [0.1, 0.15) is 11.6 Å². The summed E-state index contributed by atoms with van der Waals surface area (Å²) in [6, 6.07) is 3.99. The SMILES string of the molecule is O=C(COc1ccc(F)cc1Br)N1CC(O)C1. The molecule has 1 N–H and O–H groups in total. The van der Waals surface area contributed by atoms with Crippen LogP contribution in [0.1, 0.15) is 0 Å². The van der Waals surface area contributed by atoms with E-state index in [-0.39, 0.29) is 18.3 Å². The number of likely N-dealkylation sites (tertiary alicyclic amines) is 1. The van der Waals surface area contributed by atoms with Crippen LogP contribution in [-0.2, 0) is 4.79 Å². The van der Waals surface area contributed by atoms with E-state index in [1.165, 1.54) is 23.1 Å². The first-order chi connectivity index (χ1) is 8.06. The maximum absolute atomic E-state index is 12.8. The average molecular weight is 304 g/mol. The predicted molar refractivity (Wildman–Crippen MR) is 62.2 cm³/mol. The molecular weight excluding hydrogens is 293 g/mol. The highest BCUT2D eigenvalue weighted by Crippen LogP contribution is 2.25. The molecule has 0 atom stereocenters. The number of hydrogen-bond donors (Lipinski definition) is 1. The second-order valence-electron chi connectivity index (χ2n) is 3.82. The van der Waals surface area contributed by atoms with Gasteiger partial charge in [-0.2, -0.15) is 0 Å². The summed E-state index contributed by atoms with van der Waals surface area (Å²) in [5, 5.41) is 9.04. The topological polar surface area (TPSA) is 49.8 Å². The fourth-order valence-electron chi connectivity index (χ4n) is 1.48. The van der Waals surface area contributed by atoms with Gasteiger partial charge in [0.05, 0.1) is 10.6 Å². The van der Waals surface area contributed by atoms with Gasteiger partial charge in [-0.25, -0.2) is 4.39 Å². The minimum Gasteiger partial charge on any atom is -0.483 e. The number of amides is 1. The molecule has 1 aromatic rings. The van der Waals surface area contributed by atoms with Gasteiger partial charge in [0.15, 0.2) is 6.61 Å². The number of aliphatic hydroxyl groups is 1. The average Bonchev–Trinajstić information content (AvgIpc) is 2.23. The molecule has 1 aromatic carbocycles. The molecule has 17 heavy (non-hydrogen) atoms. The molecule has 0 radical (unpaired) electrons. The largest absolute Gasteiger partial charge is 0.483 e. The van der Waals surface area contributed by atoms with E-state index in [4.69, 9.17) is 9.84 Å². The number of halogens is 2. The van der Waals surface area contributed by atoms with Crippen molar-refractivity contribution >= 4 is 21.8 Å². The lowest BCUT2D eigenvalue weighted by Gasteiger charge is -2.35. The van der Waals surface area contributed by atoms with Crippen LogP contribution >= 0.6 is 15.9 Å². The van der Waals surface area contributed by atoms with Crippen molar-refractivity contribution in [2.45, 2.75) is 6.10 Å². The number of aliphatic hydroxyl groups excluding tert-OH is 1. The standard InChI is InChI=1S/C11H11BrFNO3/c12-9-3-7(13)1-2-10(9)17-6-11(16)14-4-8(15)5-14/h1-3,8,15H,4-6H2. The predicted octanol–water partition coefficient (Wildman–Crippen LogP) is 1.17. The summed E-state index contributed by atoms with van der Waals surface area (Å²) in [5.41, 5.74) is 0. The lowest BCUT2D eigenvalue weighted by Crippen LogP contribution is -2.54. The smallest absolute Gasteiger partial charge is 0.260 e. The van der Waals surface area contributed by atoms with E-state index in [0.717, 1.165) is 0 Å². The van der Waals surface area contributed by atoms with Crippen molar-refractivity contribution in [2.24, 2.45) is 0 Å². The third-order valence-electron chi connectivity index (χ3n) is 2.46. The van der Waals surface area contributed by atoms with Crippen molar-refractivity contribution in [3.8, 4) is 5.75 Å². The van der Waals surface area contributed by atoms with Crippen LogP contribution in [0.3, 0.4) is 0 Å². The van der Waals surface area contributed by atoms with Gasteiger partial charge in [-0.15, -0.1) is 0 Å². The first kappa shape index (κ1) is 12.3. The number of hydrogen-bond acceptors (Lipinski definition) is 3. The Morgan fingerprint density at radius 3 is 2.88 bits per heavy atom. The maximum Gasteiger partial charge on any atom is 0.260 e. The normalized spacial score (nSPS) is 15.6. The van der Waals surface area contributed by atoms with E-state index in [9.17, 15) is 9.18 Å². The van der Waals surface area contributed by atoms with Gasteiger partial charge < -0.3 is 14.7 Å². The van der Waals surface area contributed by atoms with Gasteiger partial charge in [0, 0.05) is 13.1 Å². The molecule has 1 saturated heterocycles. The van der Waals surface area contributed by atoms with E-state index < -0.39 is 6.10 Å². The zero-order valence-corrected chi connectivity index (χ0v) is 10.5. The summed E-state index contributed by atoms with van der Waals surface area (Å²) in [4.78, 5) is 13.0.